The molecule has 4 unspecified atom stereocenters. The number of aliphatic hydroxyl groups is 1. The quantitative estimate of drug-likeness (QED) is 0.467. The summed E-state index contributed by atoms with van der Waals surface area (Å²) in [6, 6.07) is 6.98. The first-order chi connectivity index (χ1) is 14.8. The normalized spacial score (nSPS) is 23.0. The van der Waals surface area contributed by atoms with Crippen molar-refractivity contribution >= 4 is 22.7 Å². The zero-order valence-corrected chi connectivity index (χ0v) is 18.0. The minimum Gasteiger partial charge on any atom is -0.481 e. The summed E-state index contributed by atoms with van der Waals surface area (Å²) in [6.07, 6.45) is 1.34. The Morgan fingerprint density at radius 3 is 2.68 bits per heavy atom. The summed E-state index contributed by atoms with van der Waals surface area (Å²) in [5, 5.41) is 27.3. The van der Waals surface area contributed by atoms with Crippen LogP contribution in [0.15, 0.2) is 29.1 Å². The Labute approximate surface area is 181 Å². The first kappa shape index (κ1) is 23.1. The van der Waals surface area contributed by atoms with Crippen LogP contribution < -0.4 is 11.3 Å². The fourth-order valence-corrected chi connectivity index (χ4v) is 4.54. The highest BCUT2D eigenvalue weighted by atomic mass is 16.4. The van der Waals surface area contributed by atoms with Gasteiger partial charge in [-0.25, -0.2) is 4.98 Å². The number of nitrogens with one attached hydrogen (secondary N) is 1. The molecule has 0 bridgehead atoms. The van der Waals surface area contributed by atoms with Gasteiger partial charge < -0.3 is 25.9 Å². The number of hydrogen-bond donors (Lipinski definition) is 4. The maximum absolute atomic E-state index is 13.4. The molecule has 5 N–H and O–H groups in total. The van der Waals surface area contributed by atoms with Crippen molar-refractivity contribution in [2.24, 2.45) is 5.73 Å². The zero-order valence-electron chi connectivity index (χ0n) is 18.0. The molecular weight excluding hydrogens is 398 g/mol. The SMILES string of the molecule is CCC(C)N1C(N)CC(n2c(=O)c(C(=N)CCC(=O)O)nc3ccccc32)CC1CO. The number of piperidine rings is 1. The summed E-state index contributed by atoms with van der Waals surface area (Å²) >= 11 is 0. The predicted octanol–water partition coefficient (Wildman–Crippen LogP) is 1.71. The number of nitrogens with two attached hydrogens (primary N) is 1. The van der Waals surface area contributed by atoms with Crippen LogP contribution >= 0.6 is 0 Å². The minimum atomic E-state index is -1.03. The van der Waals surface area contributed by atoms with E-state index >= 15 is 0 Å². The summed E-state index contributed by atoms with van der Waals surface area (Å²) in [6.45, 7) is 4.10. The Morgan fingerprint density at radius 2 is 2.03 bits per heavy atom. The number of para-hydroxylation sites is 2. The van der Waals surface area contributed by atoms with Crippen LogP contribution in [0.25, 0.3) is 11.0 Å². The number of carbonyl (C=O) groups is 1. The lowest BCUT2D eigenvalue weighted by molar-refractivity contribution is -0.136. The molecule has 9 nitrogen and oxygen atoms in total. The molecule has 2 heterocycles. The molecule has 9 heteroatoms. The van der Waals surface area contributed by atoms with E-state index in [-0.39, 0.29) is 55.1 Å². The summed E-state index contributed by atoms with van der Waals surface area (Å²) in [5.74, 6) is -1.03. The number of fused-ring (bicyclic) bond motifs is 1. The van der Waals surface area contributed by atoms with E-state index in [2.05, 4.69) is 23.7 Å². The maximum atomic E-state index is 13.4. The number of carboxylic acid groups (broad SMARTS) is 1. The maximum Gasteiger partial charge on any atom is 0.303 e. The predicted molar refractivity (Wildman–Crippen MR) is 118 cm³/mol. The van der Waals surface area contributed by atoms with E-state index in [0.717, 1.165) is 6.42 Å². The van der Waals surface area contributed by atoms with Gasteiger partial charge in [0, 0.05) is 24.5 Å². The molecule has 31 heavy (non-hydrogen) atoms. The van der Waals surface area contributed by atoms with Crippen LogP contribution in [0.5, 0.6) is 0 Å². The number of aliphatic hydroxyl groups excluding tert-OH is 1. The largest absolute Gasteiger partial charge is 0.481 e. The average molecular weight is 430 g/mol. The van der Waals surface area contributed by atoms with Gasteiger partial charge in [-0.1, -0.05) is 19.1 Å². The standard InChI is InChI=1S/C22H31N5O4/c1-3-13(2)26-15(12-28)10-14(11-19(26)24)27-18-7-5-4-6-17(18)25-21(22(27)31)16(23)8-9-20(29)30/h4-7,13-15,19,23,28H,3,8-12,24H2,1-2H3,(H,29,30). The van der Waals surface area contributed by atoms with Crippen LogP contribution in [0, 0.1) is 5.41 Å². The Morgan fingerprint density at radius 1 is 1.32 bits per heavy atom. The molecule has 4 atom stereocenters. The number of hydrogen-bond acceptors (Lipinski definition) is 7. The second-order valence-electron chi connectivity index (χ2n) is 8.23. The van der Waals surface area contributed by atoms with Crippen molar-refractivity contribution in [2.75, 3.05) is 6.61 Å². The average Bonchev–Trinajstić information content (AvgIpc) is 2.75. The summed E-state index contributed by atoms with van der Waals surface area (Å²) < 4.78 is 1.64. The lowest BCUT2D eigenvalue weighted by Gasteiger charge is -2.46. The molecule has 1 aliphatic heterocycles. The molecule has 1 aliphatic rings. The fourth-order valence-electron chi connectivity index (χ4n) is 4.54. The third-order valence-corrected chi connectivity index (χ3v) is 6.21. The zero-order chi connectivity index (χ0) is 22.7. The molecule has 0 spiro atoms. The Kier molecular flexibility index (Phi) is 7.19. The smallest absolute Gasteiger partial charge is 0.303 e. The van der Waals surface area contributed by atoms with Crippen molar-refractivity contribution in [1.29, 1.82) is 5.41 Å². The molecule has 1 aromatic heterocycles. The van der Waals surface area contributed by atoms with Crippen molar-refractivity contribution in [3.05, 3.63) is 40.3 Å². The van der Waals surface area contributed by atoms with E-state index in [1.807, 2.05) is 18.2 Å². The fraction of sp³-hybridized carbons (Fsp3) is 0.545. The lowest BCUT2D eigenvalue weighted by atomic mass is 9.92. The number of nitrogens with zero attached hydrogens (tertiary/aromatic N) is 3. The highest BCUT2D eigenvalue weighted by molar-refractivity contribution is 5.98. The van der Waals surface area contributed by atoms with E-state index in [0.29, 0.717) is 23.9 Å². The first-order valence-corrected chi connectivity index (χ1v) is 10.7. The van der Waals surface area contributed by atoms with Crippen LogP contribution in [0.4, 0.5) is 0 Å². The van der Waals surface area contributed by atoms with Gasteiger partial charge in [-0.3, -0.25) is 14.5 Å². The van der Waals surface area contributed by atoms with Gasteiger partial charge in [0.05, 0.1) is 35.9 Å². The Balaban J connectivity index is 2.07. The summed E-state index contributed by atoms with van der Waals surface area (Å²) in [4.78, 5) is 30.9. The Hall–Kier alpha value is -2.62. The summed E-state index contributed by atoms with van der Waals surface area (Å²) in [5.41, 5.74) is 7.17. The number of likely N-dealkylation sites (tertiary alicyclic amines) is 1. The van der Waals surface area contributed by atoms with Crippen molar-refractivity contribution in [3.63, 3.8) is 0 Å². The van der Waals surface area contributed by atoms with Crippen LogP contribution in [0.3, 0.4) is 0 Å². The van der Waals surface area contributed by atoms with E-state index in [9.17, 15) is 14.7 Å². The van der Waals surface area contributed by atoms with Gasteiger partial charge in [0.1, 0.15) is 5.69 Å². The molecule has 2 aromatic rings. The molecule has 0 radical (unpaired) electrons. The molecule has 1 aromatic carbocycles. The van der Waals surface area contributed by atoms with E-state index in [1.165, 1.54) is 0 Å². The second-order valence-corrected chi connectivity index (χ2v) is 8.23. The number of aliphatic carboxylic acids is 1. The van der Waals surface area contributed by atoms with E-state index in [1.54, 1.807) is 10.6 Å². The first-order valence-electron chi connectivity index (χ1n) is 10.7. The van der Waals surface area contributed by atoms with E-state index < -0.39 is 11.5 Å². The molecule has 1 fully saturated rings. The van der Waals surface area contributed by atoms with Crippen molar-refractivity contribution in [1.82, 2.24) is 14.5 Å². The van der Waals surface area contributed by atoms with Crippen LogP contribution in [0.1, 0.15) is 57.7 Å². The molecule has 168 valence electrons. The van der Waals surface area contributed by atoms with Crippen LogP contribution in [-0.4, -0.2) is 61.2 Å². The number of carboxylic acids is 1. The third-order valence-electron chi connectivity index (χ3n) is 6.21. The highest BCUT2D eigenvalue weighted by Gasteiger charge is 2.37. The number of benzene rings is 1. The minimum absolute atomic E-state index is 0.0292. The molecular formula is C22H31N5O4. The Bertz CT molecular complexity index is 1020. The van der Waals surface area contributed by atoms with Crippen molar-refractivity contribution in [3.8, 4) is 0 Å². The van der Waals surface area contributed by atoms with Gasteiger partial charge in [0.25, 0.3) is 5.56 Å². The second kappa shape index (κ2) is 9.67. The monoisotopic (exact) mass is 429 g/mol. The van der Waals surface area contributed by atoms with Crippen LogP contribution in [-0.2, 0) is 4.79 Å². The van der Waals surface area contributed by atoms with Gasteiger partial charge in [0.2, 0.25) is 0 Å². The summed E-state index contributed by atoms with van der Waals surface area (Å²) in [7, 11) is 0. The highest BCUT2D eigenvalue weighted by Crippen LogP contribution is 2.32. The van der Waals surface area contributed by atoms with Gasteiger partial charge in [-0.05, 0) is 38.3 Å². The third kappa shape index (κ3) is 4.68. The van der Waals surface area contributed by atoms with Crippen LogP contribution in [0.2, 0.25) is 0 Å². The van der Waals surface area contributed by atoms with Gasteiger partial charge in [-0.15, -0.1) is 0 Å². The lowest BCUT2D eigenvalue weighted by Crippen LogP contribution is -2.58. The van der Waals surface area contributed by atoms with Gasteiger partial charge in [0.15, 0.2) is 0 Å². The van der Waals surface area contributed by atoms with E-state index in [4.69, 9.17) is 16.2 Å². The molecule has 3 rings (SSSR count). The number of rotatable bonds is 8. The van der Waals surface area contributed by atoms with Crippen molar-refractivity contribution in [2.45, 2.75) is 70.2 Å². The molecule has 0 saturated carbocycles. The van der Waals surface area contributed by atoms with Gasteiger partial charge >= 0.3 is 5.97 Å². The van der Waals surface area contributed by atoms with Crippen molar-refractivity contribution < 1.29 is 15.0 Å². The number of aromatic nitrogens is 2. The molecule has 0 aliphatic carbocycles. The van der Waals surface area contributed by atoms with Gasteiger partial charge in [-0.2, -0.15) is 0 Å². The molecule has 0 amide bonds. The molecule has 1 saturated heterocycles. The topological polar surface area (TPSA) is 146 Å².